The lowest BCUT2D eigenvalue weighted by atomic mass is 9.71. The molecule has 4 nitrogen and oxygen atoms in total. The summed E-state index contributed by atoms with van der Waals surface area (Å²) in [5, 5.41) is 11.3. The molecule has 3 rings (SSSR count). The second-order valence-electron chi connectivity index (χ2n) is 7.08. The van der Waals surface area contributed by atoms with Crippen LogP contribution in [0.3, 0.4) is 0 Å². The zero-order valence-electron chi connectivity index (χ0n) is 13.7. The molecule has 2 fully saturated rings. The SMILES string of the molecule is CC1CN(C(=O)C2(c3cccs3)CCCCC2)CCC1C(=O)O. The Morgan fingerprint density at radius 2 is 2.04 bits per heavy atom. The van der Waals surface area contributed by atoms with Gasteiger partial charge in [-0.25, -0.2) is 0 Å². The molecule has 1 aliphatic carbocycles. The second-order valence-corrected chi connectivity index (χ2v) is 8.03. The van der Waals surface area contributed by atoms with Crippen LogP contribution in [-0.2, 0) is 15.0 Å². The fourth-order valence-electron chi connectivity index (χ4n) is 4.27. The normalized spacial score (nSPS) is 27.6. The summed E-state index contributed by atoms with van der Waals surface area (Å²) in [5.41, 5.74) is -0.359. The highest BCUT2D eigenvalue weighted by atomic mass is 32.1. The largest absolute Gasteiger partial charge is 0.481 e. The fourth-order valence-corrected chi connectivity index (χ4v) is 5.25. The number of piperidine rings is 1. The first-order chi connectivity index (χ1) is 11.0. The molecule has 1 aromatic rings. The monoisotopic (exact) mass is 335 g/mol. The van der Waals surface area contributed by atoms with Crippen LogP contribution in [0.5, 0.6) is 0 Å². The number of carbonyl (C=O) groups is 2. The number of aliphatic carboxylic acids is 1. The van der Waals surface area contributed by atoms with Gasteiger partial charge in [0.1, 0.15) is 0 Å². The molecule has 2 aliphatic rings. The lowest BCUT2D eigenvalue weighted by Crippen LogP contribution is -2.52. The van der Waals surface area contributed by atoms with Crippen LogP contribution in [0.4, 0.5) is 0 Å². The Labute approximate surface area is 141 Å². The summed E-state index contributed by atoms with van der Waals surface area (Å²) < 4.78 is 0. The summed E-state index contributed by atoms with van der Waals surface area (Å²) in [6, 6.07) is 4.13. The van der Waals surface area contributed by atoms with Gasteiger partial charge in [-0.1, -0.05) is 32.3 Å². The Kier molecular flexibility index (Phi) is 4.76. The number of amides is 1. The van der Waals surface area contributed by atoms with Gasteiger partial charge in [-0.05, 0) is 36.6 Å². The van der Waals surface area contributed by atoms with Gasteiger partial charge in [-0.2, -0.15) is 0 Å². The minimum Gasteiger partial charge on any atom is -0.481 e. The summed E-state index contributed by atoms with van der Waals surface area (Å²) >= 11 is 1.69. The van der Waals surface area contributed by atoms with Crippen LogP contribution in [0, 0.1) is 11.8 Å². The maximum Gasteiger partial charge on any atom is 0.306 e. The average Bonchev–Trinajstić information content (AvgIpc) is 3.09. The molecular formula is C18H25NO3S. The highest BCUT2D eigenvalue weighted by molar-refractivity contribution is 7.10. The lowest BCUT2D eigenvalue weighted by molar-refractivity contribution is -0.150. The molecule has 0 spiro atoms. The van der Waals surface area contributed by atoms with E-state index in [0.29, 0.717) is 19.5 Å². The van der Waals surface area contributed by atoms with Crippen LogP contribution in [0.15, 0.2) is 17.5 Å². The van der Waals surface area contributed by atoms with Crippen molar-refractivity contribution in [3.63, 3.8) is 0 Å². The molecule has 1 aromatic heterocycles. The molecule has 1 amide bonds. The Morgan fingerprint density at radius 3 is 2.61 bits per heavy atom. The van der Waals surface area contributed by atoms with E-state index in [0.717, 1.165) is 25.7 Å². The van der Waals surface area contributed by atoms with Gasteiger partial charge in [0.15, 0.2) is 0 Å². The van der Waals surface area contributed by atoms with Crippen LogP contribution in [-0.4, -0.2) is 35.0 Å². The molecule has 5 heteroatoms. The maximum atomic E-state index is 13.4. The molecule has 2 atom stereocenters. The van der Waals surface area contributed by atoms with Gasteiger partial charge in [0.2, 0.25) is 5.91 Å². The first-order valence-corrected chi connectivity index (χ1v) is 9.49. The van der Waals surface area contributed by atoms with Crippen LogP contribution in [0.25, 0.3) is 0 Å². The van der Waals surface area contributed by atoms with Crippen molar-refractivity contribution in [2.24, 2.45) is 11.8 Å². The van der Waals surface area contributed by atoms with Crippen molar-refractivity contribution in [3.8, 4) is 0 Å². The number of likely N-dealkylation sites (tertiary alicyclic amines) is 1. The number of thiophene rings is 1. The molecule has 2 heterocycles. The minimum absolute atomic E-state index is 0.0224. The maximum absolute atomic E-state index is 13.4. The topological polar surface area (TPSA) is 57.6 Å². The van der Waals surface area contributed by atoms with Crippen molar-refractivity contribution >= 4 is 23.2 Å². The quantitative estimate of drug-likeness (QED) is 0.919. The van der Waals surface area contributed by atoms with E-state index in [9.17, 15) is 14.7 Å². The first kappa shape index (κ1) is 16.5. The van der Waals surface area contributed by atoms with E-state index in [4.69, 9.17) is 0 Å². The smallest absolute Gasteiger partial charge is 0.306 e. The van der Waals surface area contributed by atoms with Gasteiger partial charge in [-0.3, -0.25) is 9.59 Å². The van der Waals surface area contributed by atoms with Crippen LogP contribution < -0.4 is 0 Å². The molecule has 1 saturated carbocycles. The molecule has 23 heavy (non-hydrogen) atoms. The molecule has 1 saturated heterocycles. The molecule has 0 radical (unpaired) electrons. The summed E-state index contributed by atoms with van der Waals surface area (Å²) in [5.74, 6) is -0.789. The van der Waals surface area contributed by atoms with Gasteiger partial charge in [0, 0.05) is 18.0 Å². The van der Waals surface area contributed by atoms with Crippen LogP contribution in [0.1, 0.15) is 50.3 Å². The molecule has 1 aliphatic heterocycles. The summed E-state index contributed by atoms with van der Waals surface area (Å²) in [4.78, 5) is 27.8. The predicted molar refractivity (Wildman–Crippen MR) is 90.6 cm³/mol. The molecule has 126 valence electrons. The fraction of sp³-hybridized carbons (Fsp3) is 0.667. The zero-order valence-corrected chi connectivity index (χ0v) is 14.5. The predicted octanol–water partition coefficient (Wildman–Crippen LogP) is 3.52. The van der Waals surface area contributed by atoms with Crippen LogP contribution >= 0.6 is 11.3 Å². The molecular weight excluding hydrogens is 310 g/mol. The highest BCUT2D eigenvalue weighted by Gasteiger charge is 2.46. The van der Waals surface area contributed by atoms with Gasteiger partial charge in [0.25, 0.3) is 0 Å². The first-order valence-electron chi connectivity index (χ1n) is 8.61. The third-order valence-corrected chi connectivity index (χ3v) is 6.69. The number of rotatable bonds is 3. The van der Waals surface area contributed by atoms with E-state index in [-0.39, 0.29) is 23.2 Å². The van der Waals surface area contributed by atoms with Crippen molar-refractivity contribution < 1.29 is 14.7 Å². The number of hydrogen-bond acceptors (Lipinski definition) is 3. The minimum atomic E-state index is -0.727. The van der Waals surface area contributed by atoms with E-state index < -0.39 is 5.97 Å². The van der Waals surface area contributed by atoms with Crippen molar-refractivity contribution in [1.82, 2.24) is 4.90 Å². The van der Waals surface area contributed by atoms with Gasteiger partial charge < -0.3 is 10.0 Å². The number of carboxylic acids is 1. The van der Waals surface area contributed by atoms with E-state index in [1.54, 1.807) is 11.3 Å². The van der Waals surface area contributed by atoms with Crippen molar-refractivity contribution in [1.29, 1.82) is 0 Å². The van der Waals surface area contributed by atoms with Gasteiger partial charge in [-0.15, -0.1) is 11.3 Å². The van der Waals surface area contributed by atoms with E-state index in [1.165, 1.54) is 11.3 Å². The summed E-state index contributed by atoms with van der Waals surface area (Å²) in [6.07, 6.45) is 5.84. The number of hydrogen-bond donors (Lipinski definition) is 1. The molecule has 0 bridgehead atoms. The lowest BCUT2D eigenvalue weighted by Gasteiger charge is -2.43. The summed E-state index contributed by atoms with van der Waals surface area (Å²) in [6.45, 7) is 3.10. The molecule has 2 unspecified atom stereocenters. The third-order valence-electron chi connectivity index (χ3n) is 5.62. The second kappa shape index (κ2) is 6.63. The standard InChI is InChI=1S/C18H25NO3S/c1-13-12-19(10-7-14(13)16(20)21)17(22)18(8-3-2-4-9-18)15-6-5-11-23-15/h5-6,11,13-14H,2-4,7-10,12H2,1H3,(H,20,21). The van der Waals surface area contributed by atoms with Crippen molar-refractivity contribution in [3.05, 3.63) is 22.4 Å². The Morgan fingerprint density at radius 1 is 1.30 bits per heavy atom. The third kappa shape index (κ3) is 3.03. The number of carbonyl (C=O) groups excluding carboxylic acids is 1. The molecule has 0 aromatic carbocycles. The Balaban J connectivity index is 1.81. The Bertz CT molecular complexity index is 563. The number of carboxylic acid groups (broad SMARTS) is 1. The van der Waals surface area contributed by atoms with E-state index in [2.05, 4.69) is 11.4 Å². The highest BCUT2D eigenvalue weighted by Crippen LogP contribution is 2.43. The molecule has 1 N–H and O–H groups in total. The van der Waals surface area contributed by atoms with Gasteiger partial charge >= 0.3 is 5.97 Å². The number of nitrogens with zero attached hydrogens (tertiary/aromatic N) is 1. The van der Waals surface area contributed by atoms with Crippen LogP contribution in [0.2, 0.25) is 0 Å². The zero-order chi connectivity index (χ0) is 16.4. The van der Waals surface area contributed by atoms with E-state index >= 15 is 0 Å². The van der Waals surface area contributed by atoms with E-state index in [1.807, 2.05) is 17.9 Å². The van der Waals surface area contributed by atoms with Crippen molar-refractivity contribution in [2.75, 3.05) is 13.1 Å². The van der Waals surface area contributed by atoms with Crippen molar-refractivity contribution in [2.45, 2.75) is 50.9 Å². The Hall–Kier alpha value is -1.36. The van der Waals surface area contributed by atoms with Gasteiger partial charge in [0.05, 0.1) is 11.3 Å². The summed E-state index contributed by atoms with van der Waals surface area (Å²) in [7, 11) is 0. The average molecular weight is 335 g/mol.